The Balaban J connectivity index is 2.25. The number of sulfonamides is 1. The molecule has 0 bridgehead atoms. The average Bonchev–Trinajstić information content (AvgIpc) is 2.44. The molecule has 1 N–H and O–H groups in total. The number of hydrogen-bond donors (Lipinski definition) is 1. The number of benzene rings is 2. The van der Waals surface area contributed by atoms with Crippen LogP contribution in [-0.2, 0) is 16.4 Å². The maximum absolute atomic E-state index is 13.3. The highest BCUT2D eigenvalue weighted by molar-refractivity contribution is 7.92. The Kier molecular flexibility index (Phi) is 4.46. The van der Waals surface area contributed by atoms with Crippen molar-refractivity contribution >= 4 is 27.3 Å². The molecule has 0 atom stereocenters. The van der Waals surface area contributed by atoms with Gasteiger partial charge in [-0.3, -0.25) is 4.72 Å². The summed E-state index contributed by atoms with van der Waals surface area (Å²) in [4.78, 5) is 0.0274. The number of nitrogens with zero attached hydrogens (tertiary/aromatic N) is 1. The van der Waals surface area contributed by atoms with Gasteiger partial charge in [-0.25, -0.2) is 12.8 Å². The Morgan fingerprint density at radius 2 is 1.86 bits per heavy atom. The van der Waals surface area contributed by atoms with E-state index in [0.29, 0.717) is 5.56 Å². The van der Waals surface area contributed by atoms with Crippen molar-refractivity contribution in [3.8, 4) is 6.07 Å². The molecule has 108 valence electrons. The van der Waals surface area contributed by atoms with Crippen LogP contribution in [0.4, 0.5) is 10.1 Å². The minimum Gasteiger partial charge on any atom is -0.280 e. The van der Waals surface area contributed by atoms with Crippen molar-refractivity contribution in [3.63, 3.8) is 0 Å². The molecule has 7 heteroatoms. The lowest BCUT2D eigenvalue weighted by atomic mass is 10.2. The summed E-state index contributed by atoms with van der Waals surface area (Å²) < 4.78 is 39.8. The molecule has 0 radical (unpaired) electrons. The van der Waals surface area contributed by atoms with E-state index in [2.05, 4.69) is 4.72 Å². The zero-order valence-corrected chi connectivity index (χ0v) is 12.2. The van der Waals surface area contributed by atoms with Gasteiger partial charge < -0.3 is 0 Å². The predicted octanol–water partition coefficient (Wildman–Crippen LogP) is 3.35. The molecule has 0 amide bonds. The van der Waals surface area contributed by atoms with Crippen molar-refractivity contribution in [2.45, 2.75) is 11.3 Å². The second-order valence-electron chi connectivity index (χ2n) is 4.21. The number of anilines is 1. The molecule has 0 heterocycles. The monoisotopic (exact) mass is 324 g/mol. The van der Waals surface area contributed by atoms with Gasteiger partial charge in [-0.2, -0.15) is 5.26 Å². The Morgan fingerprint density at radius 3 is 2.43 bits per heavy atom. The molecular formula is C14H10ClFN2O2S. The summed E-state index contributed by atoms with van der Waals surface area (Å²) >= 11 is 5.54. The first-order chi connectivity index (χ1) is 9.92. The van der Waals surface area contributed by atoms with Gasteiger partial charge in [0.05, 0.1) is 28.1 Å². The van der Waals surface area contributed by atoms with E-state index in [1.807, 2.05) is 6.07 Å². The number of nitriles is 1. The molecule has 0 aromatic heterocycles. The first-order valence-electron chi connectivity index (χ1n) is 5.86. The normalized spacial score (nSPS) is 10.9. The highest BCUT2D eigenvalue weighted by atomic mass is 35.5. The van der Waals surface area contributed by atoms with Crippen molar-refractivity contribution in [1.82, 2.24) is 0 Å². The zero-order valence-electron chi connectivity index (χ0n) is 10.7. The molecule has 2 aromatic carbocycles. The largest absolute Gasteiger partial charge is 0.280 e. The molecule has 0 aliphatic rings. The Labute approximate surface area is 126 Å². The van der Waals surface area contributed by atoms with Crippen LogP contribution in [0.25, 0.3) is 0 Å². The molecule has 0 saturated heterocycles. The van der Waals surface area contributed by atoms with Gasteiger partial charge in [-0.1, -0.05) is 23.7 Å². The lowest BCUT2D eigenvalue weighted by Crippen LogP contribution is -2.13. The maximum Gasteiger partial charge on any atom is 0.261 e. The summed E-state index contributed by atoms with van der Waals surface area (Å²) in [7, 11) is -3.82. The van der Waals surface area contributed by atoms with Gasteiger partial charge in [-0.15, -0.1) is 0 Å². The predicted molar refractivity (Wildman–Crippen MR) is 78.0 cm³/mol. The van der Waals surface area contributed by atoms with Crippen LogP contribution >= 0.6 is 11.6 Å². The van der Waals surface area contributed by atoms with Crippen molar-refractivity contribution in [3.05, 3.63) is 58.9 Å². The van der Waals surface area contributed by atoms with Crippen LogP contribution in [0.15, 0.2) is 47.4 Å². The smallest absolute Gasteiger partial charge is 0.261 e. The fourth-order valence-electron chi connectivity index (χ4n) is 1.65. The van der Waals surface area contributed by atoms with Crippen molar-refractivity contribution in [2.24, 2.45) is 0 Å². The minimum atomic E-state index is -3.82. The molecule has 0 aliphatic carbocycles. The van der Waals surface area contributed by atoms with Gasteiger partial charge in [0.25, 0.3) is 10.0 Å². The van der Waals surface area contributed by atoms with Crippen LogP contribution in [0.5, 0.6) is 0 Å². The second kappa shape index (κ2) is 6.12. The molecule has 0 spiro atoms. The molecule has 0 unspecified atom stereocenters. The standard InChI is InChI=1S/C14H10ClFN2O2S/c15-13-6-3-11(9-14(13)16)18-21(19,20)12-4-1-10(2-5-12)7-8-17/h1-6,9,18H,7H2. The summed E-state index contributed by atoms with van der Waals surface area (Å²) in [6.45, 7) is 0. The number of rotatable bonds is 4. The van der Waals surface area contributed by atoms with E-state index in [1.165, 1.54) is 24.3 Å². The van der Waals surface area contributed by atoms with Gasteiger partial charge in [-0.05, 0) is 35.9 Å². The van der Waals surface area contributed by atoms with Crippen LogP contribution in [0, 0.1) is 17.1 Å². The van der Waals surface area contributed by atoms with E-state index in [9.17, 15) is 12.8 Å². The number of halogens is 2. The first-order valence-corrected chi connectivity index (χ1v) is 7.72. The lowest BCUT2D eigenvalue weighted by molar-refractivity contribution is 0.601. The third kappa shape index (κ3) is 3.72. The Morgan fingerprint density at radius 1 is 1.19 bits per heavy atom. The summed E-state index contributed by atoms with van der Waals surface area (Å²) in [5.41, 5.74) is 0.798. The Hall–Kier alpha value is -2.10. The summed E-state index contributed by atoms with van der Waals surface area (Å²) in [5.74, 6) is -0.707. The average molecular weight is 325 g/mol. The van der Waals surface area contributed by atoms with E-state index in [0.717, 1.165) is 6.07 Å². The summed E-state index contributed by atoms with van der Waals surface area (Å²) in [5, 5.41) is 8.48. The highest BCUT2D eigenvalue weighted by Gasteiger charge is 2.14. The second-order valence-corrected chi connectivity index (χ2v) is 6.30. The molecule has 0 fully saturated rings. The fourth-order valence-corrected chi connectivity index (χ4v) is 2.82. The van der Waals surface area contributed by atoms with Gasteiger partial charge in [0, 0.05) is 0 Å². The third-order valence-corrected chi connectivity index (χ3v) is 4.39. The van der Waals surface area contributed by atoms with Crippen molar-refractivity contribution in [2.75, 3.05) is 4.72 Å². The molecule has 21 heavy (non-hydrogen) atoms. The topological polar surface area (TPSA) is 70.0 Å². The highest BCUT2D eigenvalue weighted by Crippen LogP contribution is 2.21. The minimum absolute atomic E-state index is 0.0274. The van der Waals surface area contributed by atoms with E-state index in [1.54, 1.807) is 12.1 Å². The molecule has 0 aliphatic heterocycles. The first kappa shape index (κ1) is 15.3. The van der Waals surface area contributed by atoms with Crippen LogP contribution in [-0.4, -0.2) is 8.42 Å². The molecule has 0 saturated carbocycles. The van der Waals surface area contributed by atoms with Crippen LogP contribution in [0.3, 0.4) is 0 Å². The molecule has 4 nitrogen and oxygen atoms in total. The van der Waals surface area contributed by atoms with E-state index >= 15 is 0 Å². The third-order valence-electron chi connectivity index (χ3n) is 2.69. The van der Waals surface area contributed by atoms with Crippen molar-refractivity contribution < 1.29 is 12.8 Å². The molecule has 2 rings (SSSR count). The fraction of sp³-hybridized carbons (Fsp3) is 0.0714. The molecule has 2 aromatic rings. The zero-order chi connectivity index (χ0) is 15.5. The van der Waals surface area contributed by atoms with Crippen LogP contribution in [0.2, 0.25) is 5.02 Å². The number of nitrogens with one attached hydrogen (secondary N) is 1. The maximum atomic E-state index is 13.3. The van der Waals surface area contributed by atoms with Crippen LogP contribution in [0.1, 0.15) is 5.56 Å². The molecular weight excluding hydrogens is 315 g/mol. The lowest BCUT2D eigenvalue weighted by Gasteiger charge is -2.09. The van der Waals surface area contributed by atoms with Gasteiger partial charge in [0.1, 0.15) is 5.82 Å². The van der Waals surface area contributed by atoms with Gasteiger partial charge >= 0.3 is 0 Å². The SMILES string of the molecule is N#CCc1ccc(S(=O)(=O)Nc2ccc(Cl)c(F)c2)cc1. The Bertz CT molecular complexity index is 799. The van der Waals surface area contributed by atoms with Gasteiger partial charge in [0.2, 0.25) is 0 Å². The summed E-state index contributed by atoms with van der Waals surface area (Å²) in [6, 6.07) is 11.5. The van der Waals surface area contributed by atoms with Crippen LogP contribution < -0.4 is 4.72 Å². The quantitative estimate of drug-likeness (QED) is 0.937. The number of hydrogen-bond acceptors (Lipinski definition) is 3. The summed E-state index contributed by atoms with van der Waals surface area (Å²) in [6.07, 6.45) is 0.205. The van der Waals surface area contributed by atoms with E-state index < -0.39 is 15.8 Å². The van der Waals surface area contributed by atoms with Crippen molar-refractivity contribution in [1.29, 1.82) is 5.26 Å². The van der Waals surface area contributed by atoms with Gasteiger partial charge in [0.15, 0.2) is 0 Å². The van der Waals surface area contributed by atoms with E-state index in [-0.39, 0.29) is 22.0 Å². The van der Waals surface area contributed by atoms with E-state index in [4.69, 9.17) is 16.9 Å².